The van der Waals surface area contributed by atoms with Crippen molar-refractivity contribution in [2.75, 3.05) is 0 Å². The standard InChI is InChI=1S/C12H8Cl/c13-12-8-6-11(7-9-12)10-4-2-1-3-5-10/h1-2,4-9H. The average molecular weight is 188 g/mol. The van der Waals surface area contributed by atoms with Crippen LogP contribution in [0.15, 0.2) is 48.5 Å². The van der Waals surface area contributed by atoms with Crippen LogP contribution in [-0.2, 0) is 0 Å². The molecule has 0 heterocycles. The minimum Gasteiger partial charge on any atom is -0.0843 e. The zero-order valence-electron chi connectivity index (χ0n) is 7.00. The van der Waals surface area contributed by atoms with Crippen molar-refractivity contribution in [3.05, 3.63) is 59.6 Å². The van der Waals surface area contributed by atoms with E-state index in [1.54, 1.807) is 0 Å². The Labute approximate surface area is 82.8 Å². The zero-order valence-corrected chi connectivity index (χ0v) is 7.75. The van der Waals surface area contributed by atoms with Crippen LogP contribution in [0.2, 0.25) is 5.02 Å². The Morgan fingerprint density at radius 2 is 1.69 bits per heavy atom. The maximum Gasteiger partial charge on any atom is 0.0406 e. The van der Waals surface area contributed by atoms with Gasteiger partial charge in [0.1, 0.15) is 0 Å². The topological polar surface area (TPSA) is 0 Å². The summed E-state index contributed by atoms with van der Waals surface area (Å²) in [5.41, 5.74) is 2.33. The SMILES string of the molecule is Clc1ccc(-c2c[c]ccc2)cc1. The van der Waals surface area contributed by atoms with Crippen LogP contribution >= 0.6 is 11.6 Å². The lowest BCUT2D eigenvalue weighted by Crippen LogP contribution is -1.75. The van der Waals surface area contributed by atoms with Gasteiger partial charge in [0, 0.05) is 5.02 Å². The second-order valence-corrected chi connectivity index (χ2v) is 3.24. The van der Waals surface area contributed by atoms with Crippen LogP contribution in [0.5, 0.6) is 0 Å². The van der Waals surface area contributed by atoms with Gasteiger partial charge in [-0.05, 0) is 35.4 Å². The molecule has 63 valence electrons. The second kappa shape index (κ2) is 3.63. The predicted molar refractivity (Wildman–Crippen MR) is 55.7 cm³/mol. The lowest BCUT2D eigenvalue weighted by atomic mass is 10.1. The molecule has 2 rings (SSSR count). The maximum absolute atomic E-state index is 5.79. The first kappa shape index (κ1) is 8.33. The predicted octanol–water partition coefficient (Wildman–Crippen LogP) is 3.81. The Morgan fingerprint density at radius 3 is 2.31 bits per heavy atom. The summed E-state index contributed by atoms with van der Waals surface area (Å²) in [5, 5.41) is 0.767. The van der Waals surface area contributed by atoms with Gasteiger partial charge in [0.15, 0.2) is 0 Å². The molecule has 0 aliphatic heterocycles. The third-order valence-electron chi connectivity index (χ3n) is 1.88. The second-order valence-electron chi connectivity index (χ2n) is 2.80. The zero-order chi connectivity index (χ0) is 9.10. The Balaban J connectivity index is 2.42. The molecule has 0 bridgehead atoms. The van der Waals surface area contributed by atoms with Crippen molar-refractivity contribution in [3.8, 4) is 11.1 Å². The van der Waals surface area contributed by atoms with Crippen LogP contribution in [0.25, 0.3) is 11.1 Å². The monoisotopic (exact) mass is 187 g/mol. The van der Waals surface area contributed by atoms with Crippen LogP contribution in [0.1, 0.15) is 0 Å². The first-order valence-corrected chi connectivity index (χ1v) is 4.46. The van der Waals surface area contributed by atoms with E-state index >= 15 is 0 Å². The van der Waals surface area contributed by atoms with E-state index in [-0.39, 0.29) is 0 Å². The van der Waals surface area contributed by atoms with E-state index in [1.165, 1.54) is 11.1 Å². The summed E-state index contributed by atoms with van der Waals surface area (Å²) >= 11 is 5.79. The molecule has 0 saturated heterocycles. The van der Waals surface area contributed by atoms with E-state index in [1.807, 2.05) is 42.5 Å². The molecule has 0 N–H and O–H groups in total. The molecule has 0 aliphatic rings. The molecule has 0 atom stereocenters. The molecule has 1 heteroatoms. The minimum absolute atomic E-state index is 0.767. The summed E-state index contributed by atoms with van der Waals surface area (Å²) < 4.78 is 0. The van der Waals surface area contributed by atoms with Crippen LogP contribution in [0.4, 0.5) is 0 Å². The Hall–Kier alpha value is -1.27. The molecule has 0 amide bonds. The smallest absolute Gasteiger partial charge is 0.0406 e. The van der Waals surface area contributed by atoms with Crippen molar-refractivity contribution >= 4 is 11.6 Å². The van der Waals surface area contributed by atoms with Crippen molar-refractivity contribution in [1.82, 2.24) is 0 Å². The van der Waals surface area contributed by atoms with Crippen molar-refractivity contribution < 1.29 is 0 Å². The molecule has 0 nitrogen and oxygen atoms in total. The Bertz CT molecular complexity index is 376. The van der Waals surface area contributed by atoms with Crippen LogP contribution in [-0.4, -0.2) is 0 Å². The highest BCUT2D eigenvalue weighted by Crippen LogP contribution is 2.20. The number of hydrogen-bond acceptors (Lipinski definition) is 0. The van der Waals surface area contributed by atoms with E-state index in [0.29, 0.717) is 0 Å². The molecule has 0 unspecified atom stereocenters. The van der Waals surface area contributed by atoms with Crippen molar-refractivity contribution in [2.24, 2.45) is 0 Å². The lowest BCUT2D eigenvalue weighted by Gasteiger charge is -1.99. The van der Waals surface area contributed by atoms with E-state index in [9.17, 15) is 0 Å². The molecule has 0 aromatic heterocycles. The number of hydrogen-bond donors (Lipinski definition) is 0. The van der Waals surface area contributed by atoms with Gasteiger partial charge in [-0.1, -0.05) is 41.9 Å². The van der Waals surface area contributed by atoms with E-state index in [4.69, 9.17) is 11.6 Å². The summed E-state index contributed by atoms with van der Waals surface area (Å²) in [6, 6.07) is 18.7. The van der Waals surface area contributed by atoms with Gasteiger partial charge in [-0.15, -0.1) is 0 Å². The fourth-order valence-electron chi connectivity index (χ4n) is 1.22. The number of rotatable bonds is 1. The van der Waals surface area contributed by atoms with Crippen molar-refractivity contribution in [1.29, 1.82) is 0 Å². The van der Waals surface area contributed by atoms with Crippen LogP contribution in [0, 0.1) is 6.07 Å². The van der Waals surface area contributed by atoms with Gasteiger partial charge in [0.2, 0.25) is 0 Å². The van der Waals surface area contributed by atoms with Gasteiger partial charge >= 0.3 is 0 Å². The third-order valence-corrected chi connectivity index (χ3v) is 2.14. The minimum atomic E-state index is 0.767. The number of benzene rings is 2. The van der Waals surface area contributed by atoms with Gasteiger partial charge < -0.3 is 0 Å². The fraction of sp³-hybridized carbons (Fsp3) is 0. The summed E-state index contributed by atoms with van der Waals surface area (Å²) in [6.07, 6.45) is 0. The molecular weight excluding hydrogens is 180 g/mol. The Morgan fingerprint density at radius 1 is 0.923 bits per heavy atom. The Kier molecular flexibility index (Phi) is 2.33. The van der Waals surface area contributed by atoms with Gasteiger partial charge in [-0.2, -0.15) is 0 Å². The summed E-state index contributed by atoms with van der Waals surface area (Å²) in [5.74, 6) is 0. The van der Waals surface area contributed by atoms with Crippen LogP contribution < -0.4 is 0 Å². The molecule has 13 heavy (non-hydrogen) atoms. The lowest BCUT2D eigenvalue weighted by molar-refractivity contribution is 1.61. The van der Waals surface area contributed by atoms with Crippen molar-refractivity contribution in [3.63, 3.8) is 0 Å². The molecule has 0 spiro atoms. The van der Waals surface area contributed by atoms with Gasteiger partial charge in [-0.3, -0.25) is 0 Å². The highest BCUT2D eigenvalue weighted by Gasteiger charge is 1.94. The van der Waals surface area contributed by atoms with E-state index in [2.05, 4.69) is 12.1 Å². The average Bonchev–Trinajstić information content (AvgIpc) is 2.20. The number of halogens is 1. The van der Waals surface area contributed by atoms with Gasteiger partial charge in [0.05, 0.1) is 0 Å². The molecule has 2 aromatic rings. The van der Waals surface area contributed by atoms with Gasteiger partial charge in [0.25, 0.3) is 0 Å². The largest absolute Gasteiger partial charge is 0.0843 e. The molecular formula is C12H8Cl. The molecule has 0 fully saturated rings. The molecule has 1 radical (unpaired) electrons. The first-order chi connectivity index (χ1) is 6.36. The normalized spacial score (nSPS) is 9.92. The summed E-state index contributed by atoms with van der Waals surface area (Å²) in [4.78, 5) is 0. The van der Waals surface area contributed by atoms with E-state index < -0.39 is 0 Å². The maximum atomic E-state index is 5.79. The fourth-order valence-corrected chi connectivity index (χ4v) is 1.34. The first-order valence-electron chi connectivity index (χ1n) is 4.08. The van der Waals surface area contributed by atoms with Gasteiger partial charge in [-0.25, -0.2) is 0 Å². The summed E-state index contributed by atoms with van der Waals surface area (Å²) in [7, 11) is 0. The van der Waals surface area contributed by atoms with Crippen LogP contribution in [0.3, 0.4) is 0 Å². The highest BCUT2D eigenvalue weighted by atomic mass is 35.5. The molecule has 0 saturated carbocycles. The quantitative estimate of drug-likeness (QED) is 0.637. The van der Waals surface area contributed by atoms with E-state index in [0.717, 1.165) is 5.02 Å². The van der Waals surface area contributed by atoms with Crippen molar-refractivity contribution in [2.45, 2.75) is 0 Å². The third kappa shape index (κ3) is 1.90. The molecule has 2 aromatic carbocycles. The summed E-state index contributed by atoms with van der Waals surface area (Å²) in [6.45, 7) is 0. The highest BCUT2D eigenvalue weighted by molar-refractivity contribution is 6.30. The molecule has 0 aliphatic carbocycles.